The molecule has 0 atom stereocenters. The predicted molar refractivity (Wildman–Crippen MR) is 109 cm³/mol. The molecule has 0 unspecified atom stereocenters. The van der Waals surface area contributed by atoms with E-state index >= 15 is 0 Å². The summed E-state index contributed by atoms with van der Waals surface area (Å²) in [4.78, 5) is 9.18. The van der Waals surface area contributed by atoms with Gasteiger partial charge in [-0.2, -0.15) is 4.98 Å². The maximum Gasteiger partial charge on any atom is 0.230 e. The van der Waals surface area contributed by atoms with Gasteiger partial charge in [0.25, 0.3) is 0 Å². The van der Waals surface area contributed by atoms with Crippen LogP contribution in [0.2, 0.25) is 5.02 Å². The normalized spacial score (nSPS) is 10.8. The summed E-state index contributed by atoms with van der Waals surface area (Å²) in [5.41, 5.74) is 2.06. The molecule has 6 heteroatoms. The van der Waals surface area contributed by atoms with E-state index < -0.39 is 0 Å². The number of para-hydroxylation sites is 2. The predicted octanol–water partition coefficient (Wildman–Crippen LogP) is 5.77. The third-order valence-electron chi connectivity index (χ3n) is 4.37. The smallest absolute Gasteiger partial charge is 0.230 e. The number of hydrogen-bond acceptors (Lipinski definition) is 5. The number of rotatable bonds is 4. The Hall–Kier alpha value is -3.31. The molecule has 28 heavy (non-hydrogen) atoms. The number of ether oxygens (including phenoxy) is 2. The van der Waals surface area contributed by atoms with Crippen LogP contribution in [0.4, 0.5) is 0 Å². The van der Waals surface area contributed by atoms with Gasteiger partial charge in [0.2, 0.25) is 5.88 Å². The van der Waals surface area contributed by atoms with Crippen molar-refractivity contribution in [2.75, 3.05) is 7.11 Å². The van der Waals surface area contributed by atoms with E-state index in [9.17, 15) is 5.11 Å². The standard InChI is InChI=1S/C22H17ClN2O3/c1-13-12-14(23)10-11-18(13)28-22-15-6-3-4-8-17(15)24-21(25-22)16-7-5-9-19(27-2)20(16)26/h3-12,26H,1-2H3. The van der Waals surface area contributed by atoms with E-state index in [1.807, 2.05) is 37.3 Å². The first-order valence-electron chi connectivity index (χ1n) is 8.64. The summed E-state index contributed by atoms with van der Waals surface area (Å²) in [5.74, 6) is 1.72. The van der Waals surface area contributed by atoms with E-state index in [1.165, 1.54) is 7.11 Å². The molecule has 4 aromatic rings. The second kappa shape index (κ2) is 7.37. The molecule has 0 aliphatic rings. The fourth-order valence-electron chi connectivity index (χ4n) is 2.94. The second-order valence-electron chi connectivity index (χ2n) is 6.24. The molecule has 0 aliphatic carbocycles. The first-order chi connectivity index (χ1) is 13.6. The zero-order chi connectivity index (χ0) is 19.7. The van der Waals surface area contributed by atoms with E-state index in [1.54, 1.807) is 30.3 Å². The number of aromatic hydroxyl groups is 1. The lowest BCUT2D eigenvalue weighted by Crippen LogP contribution is -1.97. The monoisotopic (exact) mass is 392 g/mol. The number of benzene rings is 3. The third kappa shape index (κ3) is 3.32. The van der Waals surface area contributed by atoms with Crippen molar-refractivity contribution in [3.05, 3.63) is 71.2 Å². The van der Waals surface area contributed by atoms with Gasteiger partial charge in [0, 0.05) is 5.02 Å². The number of nitrogens with zero attached hydrogens (tertiary/aromatic N) is 2. The lowest BCUT2D eigenvalue weighted by molar-refractivity contribution is 0.374. The van der Waals surface area contributed by atoms with Gasteiger partial charge in [-0.3, -0.25) is 0 Å². The first kappa shape index (κ1) is 18.1. The number of fused-ring (bicyclic) bond motifs is 1. The zero-order valence-electron chi connectivity index (χ0n) is 15.3. The fraction of sp³-hybridized carbons (Fsp3) is 0.0909. The molecule has 0 saturated heterocycles. The lowest BCUT2D eigenvalue weighted by atomic mass is 10.1. The van der Waals surface area contributed by atoms with E-state index in [0.29, 0.717) is 39.3 Å². The molecule has 140 valence electrons. The molecule has 0 fully saturated rings. The molecule has 1 aromatic heterocycles. The minimum absolute atomic E-state index is 0.0195. The summed E-state index contributed by atoms with van der Waals surface area (Å²) in [5, 5.41) is 11.9. The maximum atomic E-state index is 10.5. The van der Waals surface area contributed by atoms with Crippen LogP contribution in [0.25, 0.3) is 22.3 Å². The van der Waals surface area contributed by atoms with Crippen LogP contribution >= 0.6 is 11.6 Å². The SMILES string of the molecule is COc1cccc(-c2nc(Oc3ccc(Cl)cc3C)c3ccccc3n2)c1O. The number of aromatic nitrogens is 2. The molecule has 1 N–H and O–H groups in total. The first-order valence-corrected chi connectivity index (χ1v) is 9.02. The average molecular weight is 393 g/mol. The summed E-state index contributed by atoms with van der Waals surface area (Å²) in [7, 11) is 1.50. The van der Waals surface area contributed by atoms with Gasteiger partial charge < -0.3 is 14.6 Å². The Balaban J connectivity index is 1.89. The highest BCUT2D eigenvalue weighted by Crippen LogP contribution is 2.38. The van der Waals surface area contributed by atoms with Crippen LogP contribution in [0.1, 0.15) is 5.56 Å². The molecule has 5 nitrogen and oxygen atoms in total. The van der Waals surface area contributed by atoms with Gasteiger partial charge in [-0.15, -0.1) is 0 Å². The second-order valence-corrected chi connectivity index (χ2v) is 6.67. The Labute approximate surface area is 167 Å². The van der Waals surface area contributed by atoms with Gasteiger partial charge in [-0.1, -0.05) is 29.8 Å². The van der Waals surface area contributed by atoms with Crippen molar-refractivity contribution in [1.82, 2.24) is 9.97 Å². The Bertz CT molecular complexity index is 1180. The summed E-state index contributed by atoms with van der Waals surface area (Å²) in [6, 6.07) is 18.1. The van der Waals surface area contributed by atoms with Gasteiger partial charge in [0.05, 0.1) is 23.6 Å². The zero-order valence-corrected chi connectivity index (χ0v) is 16.1. The van der Waals surface area contributed by atoms with Gasteiger partial charge in [0.1, 0.15) is 5.75 Å². The number of phenolic OH excluding ortho intramolecular Hbond substituents is 1. The minimum atomic E-state index is -0.0195. The number of phenols is 1. The highest BCUT2D eigenvalue weighted by molar-refractivity contribution is 6.30. The van der Waals surface area contributed by atoms with Crippen LogP contribution in [0, 0.1) is 6.92 Å². The molecule has 0 amide bonds. The van der Waals surface area contributed by atoms with Crippen molar-refractivity contribution in [2.45, 2.75) is 6.92 Å². The largest absolute Gasteiger partial charge is 0.504 e. The molecule has 0 aliphatic heterocycles. The number of halogens is 1. The molecule has 0 radical (unpaired) electrons. The van der Waals surface area contributed by atoms with Crippen LogP contribution < -0.4 is 9.47 Å². The quantitative estimate of drug-likeness (QED) is 0.478. The molecule has 3 aromatic carbocycles. The molecular formula is C22H17ClN2O3. The molecule has 1 heterocycles. The fourth-order valence-corrected chi connectivity index (χ4v) is 3.17. The van der Waals surface area contributed by atoms with Crippen molar-refractivity contribution in [3.8, 4) is 34.5 Å². The topological polar surface area (TPSA) is 64.5 Å². The van der Waals surface area contributed by atoms with Gasteiger partial charge in [-0.05, 0) is 55.0 Å². The number of methoxy groups -OCH3 is 1. The van der Waals surface area contributed by atoms with Crippen LogP contribution in [0.15, 0.2) is 60.7 Å². The highest BCUT2D eigenvalue weighted by atomic mass is 35.5. The van der Waals surface area contributed by atoms with Crippen LogP contribution in [-0.4, -0.2) is 22.2 Å². The van der Waals surface area contributed by atoms with Crippen molar-refractivity contribution in [1.29, 1.82) is 0 Å². The van der Waals surface area contributed by atoms with E-state index in [0.717, 1.165) is 10.9 Å². The van der Waals surface area contributed by atoms with Gasteiger partial charge >= 0.3 is 0 Å². The van der Waals surface area contributed by atoms with E-state index in [-0.39, 0.29) is 5.75 Å². The van der Waals surface area contributed by atoms with E-state index in [4.69, 9.17) is 21.1 Å². The van der Waals surface area contributed by atoms with Crippen molar-refractivity contribution in [2.24, 2.45) is 0 Å². The van der Waals surface area contributed by atoms with Crippen LogP contribution in [-0.2, 0) is 0 Å². The Morgan fingerprint density at radius 3 is 2.54 bits per heavy atom. The lowest BCUT2D eigenvalue weighted by Gasteiger charge is -2.13. The van der Waals surface area contributed by atoms with E-state index in [2.05, 4.69) is 9.97 Å². The average Bonchev–Trinajstić information content (AvgIpc) is 2.70. The summed E-state index contributed by atoms with van der Waals surface area (Å²) in [6.45, 7) is 1.92. The van der Waals surface area contributed by atoms with Crippen molar-refractivity contribution < 1.29 is 14.6 Å². The minimum Gasteiger partial charge on any atom is -0.504 e. The molecule has 0 saturated carbocycles. The third-order valence-corrected chi connectivity index (χ3v) is 4.61. The van der Waals surface area contributed by atoms with Gasteiger partial charge in [0.15, 0.2) is 17.3 Å². The summed E-state index contributed by atoms with van der Waals surface area (Å²) in [6.07, 6.45) is 0. The number of aryl methyl sites for hydroxylation is 1. The Morgan fingerprint density at radius 1 is 0.929 bits per heavy atom. The Morgan fingerprint density at radius 2 is 1.75 bits per heavy atom. The van der Waals surface area contributed by atoms with Crippen LogP contribution in [0.5, 0.6) is 23.1 Å². The van der Waals surface area contributed by atoms with Crippen molar-refractivity contribution >= 4 is 22.5 Å². The summed E-state index contributed by atoms with van der Waals surface area (Å²) < 4.78 is 11.3. The van der Waals surface area contributed by atoms with Gasteiger partial charge in [-0.25, -0.2) is 4.98 Å². The molecular weight excluding hydrogens is 376 g/mol. The Kier molecular flexibility index (Phi) is 4.75. The maximum absolute atomic E-state index is 10.5. The van der Waals surface area contributed by atoms with Crippen LogP contribution in [0.3, 0.4) is 0 Å². The van der Waals surface area contributed by atoms with Crippen molar-refractivity contribution in [3.63, 3.8) is 0 Å². The number of hydrogen-bond donors (Lipinski definition) is 1. The molecule has 0 spiro atoms. The summed E-state index contributed by atoms with van der Waals surface area (Å²) >= 11 is 6.05. The highest BCUT2D eigenvalue weighted by Gasteiger charge is 2.16. The molecule has 0 bridgehead atoms. The molecule has 4 rings (SSSR count).